The molecule has 7 rings (SSSR count). The summed E-state index contributed by atoms with van der Waals surface area (Å²) in [7, 11) is 0. The number of fused-ring (bicyclic) bond motifs is 2. The van der Waals surface area contributed by atoms with Gasteiger partial charge in [-0.25, -0.2) is 19.3 Å². The van der Waals surface area contributed by atoms with Gasteiger partial charge in [0, 0.05) is 22.5 Å². The first-order valence-corrected chi connectivity index (χ1v) is 12.3. The zero-order valence-electron chi connectivity index (χ0n) is 20.8. The lowest BCUT2D eigenvalue weighted by Crippen LogP contribution is -2.01. The van der Waals surface area contributed by atoms with E-state index in [1.54, 1.807) is 0 Å². The number of aryl methyl sites for hydroxylation is 2. The van der Waals surface area contributed by atoms with Crippen LogP contribution in [0.25, 0.3) is 56.0 Å². The topological polar surface area (TPSA) is 87.2 Å². The van der Waals surface area contributed by atoms with Gasteiger partial charge in [-0.2, -0.15) is 0 Å². The highest BCUT2D eigenvalue weighted by molar-refractivity contribution is 5.77. The van der Waals surface area contributed by atoms with Crippen LogP contribution < -0.4 is 0 Å². The molecule has 0 atom stereocenters. The molecule has 3 aromatic heterocycles. The largest absolute Gasteiger partial charge is 0.233 e. The number of rotatable bonds is 4. The van der Waals surface area contributed by atoms with Crippen molar-refractivity contribution >= 4 is 22.1 Å². The van der Waals surface area contributed by atoms with Gasteiger partial charge >= 0.3 is 0 Å². The standard InChI is InChI=1S/C30H22N8/c1-19-29(21-11-15-23(16-12-21)37-27-9-5-3-7-25(27)33-35-37)20(2)32-30(31-19)22-13-17-24(18-14-22)38-28-10-6-4-8-26(28)34-36-38/h3-18H,1-2H3. The summed E-state index contributed by atoms with van der Waals surface area (Å²) in [6, 6.07) is 32.2. The second-order valence-corrected chi connectivity index (χ2v) is 9.17. The van der Waals surface area contributed by atoms with Gasteiger partial charge in [0.05, 0.1) is 22.4 Å². The van der Waals surface area contributed by atoms with E-state index in [1.807, 2.05) is 96.0 Å². The molecule has 7 aromatic rings. The van der Waals surface area contributed by atoms with Crippen LogP contribution in [0.1, 0.15) is 11.4 Å². The van der Waals surface area contributed by atoms with Gasteiger partial charge < -0.3 is 0 Å². The first-order valence-electron chi connectivity index (χ1n) is 12.3. The highest BCUT2D eigenvalue weighted by atomic mass is 15.4. The van der Waals surface area contributed by atoms with Crippen molar-refractivity contribution in [3.05, 3.63) is 108 Å². The predicted molar refractivity (Wildman–Crippen MR) is 147 cm³/mol. The van der Waals surface area contributed by atoms with Crippen LogP contribution in [0, 0.1) is 13.8 Å². The summed E-state index contributed by atoms with van der Waals surface area (Å²) >= 11 is 0. The Morgan fingerprint density at radius 1 is 0.500 bits per heavy atom. The predicted octanol–water partition coefficient (Wildman–Crippen LogP) is 5.90. The lowest BCUT2D eigenvalue weighted by molar-refractivity contribution is 0.824. The summed E-state index contributed by atoms with van der Waals surface area (Å²) in [5.74, 6) is 0.699. The van der Waals surface area contributed by atoms with Crippen LogP contribution in [-0.2, 0) is 0 Å². The average Bonchev–Trinajstić information content (AvgIpc) is 3.58. The highest BCUT2D eigenvalue weighted by Gasteiger charge is 2.14. The number of para-hydroxylation sites is 2. The van der Waals surface area contributed by atoms with Gasteiger partial charge in [-0.05, 0) is 80.1 Å². The zero-order chi connectivity index (χ0) is 25.6. The second kappa shape index (κ2) is 8.70. The molecule has 3 heterocycles. The molecule has 0 aliphatic carbocycles. The van der Waals surface area contributed by atoms with E-state index in [2.05, 4.69) is 44.9 Å². The van der Waals surface area contributed by atoms with Crippen LogP contribution in [0.3, 0.4) is 0 Å². The van der Waals surface area contributed by atoms with Crippen LogP contribution in [0.2, 0.25) is 0 Å². The molecule has 8 heteroatoms. The molecule has 0 N–H and O–H groups in total. The van der Waals surface area contributed by atoms with Gasteiger partial charge in [-0.1, -0.05) is 46.8 Å². The van der Waals surface area contributed by atoms with E-state index in [-0.39, 0.29) is 0 Å². The van der Waals surface area contributed by atoms with Crippen molar-refractivity contribution in [1.82, 2.24) is 40.0 Å². The van der Waals surface area contributed by atoms with E-state index in [0.717, 1.165) is 61.5 Å². The smallest absolute Gasteiger partial charge is 0.159 e. The quantitative estimate of drug-likeness (QED) is 0.303. The molecule has 182 valence electrons. The van der Waals surface area contributed by atoms with E-state index in [4.69, 9.17) is 9.97 Å². The number of nitrogens with zero attached hydrogens (tertiary/aromatic N) is 8. The van der Waals surface area contributed by atoms with Crippen molar-refractivity contribution in [2.75, 3.05) is 0 Å². The van der Waals surface area contributed by atoms with Gasteiger partial charge in [-0.3, -0.25) is 0 Å². The van der Waals surface area contributed by atoms with Gasteiger partial charge in [0.15, 0.2) is 5.82 Å². The van der Waals surface area contributed by atoms with E-state index >= 15 is 0 Å². The fourth-order valence-electron chi connectivity index (χ4n) is 4.90. The van der Waals surface area contributed by atoms with Gasteiger partial charge in [-0.15, -0.1) is 10.2 Å². The van der Waals surface area contributed by atoms with Crippen molar-refractivity contribution < 1.29 is 0 Å². The molecule has 0 saturated heterocycles. The van der Waals surface area contributed by atoms with Crippen LogP contribution >= 0.6 is 0 Å². The SMILES string of the molecule is Cc1nc(-c2ccc(-n3nnc4ccccc43)cc2)nc(C)c1-c1ccc(-n2nnc3ccccc32)cc1. The number of hydrogen-bond acceptors (Lipinski definition) is 6. The molecule has 0 aliphatic heterocycles. The van der Waals surface area contributed by atoms with Crippen molar-refractivity contribution in [3.8, 4) is 33.9 Å². The maximum absolute atomic E-state index is 4.86. The van der Waals surface area contributed by atoms with Gasteiger partial charge in [0.1, 0.15) is 11.0 Å². The Labute approximate surface area is 218 Å². The summed E-state index contributed by atoms with van der Waals surface area (Å²) < 4.78 is 3.69. The average molecular weight is 495 g/mol. The third-order valence-corrected chi connectivity index (χ3v) is 6.75. The molecule has 0 aliphatic rings. The molecular formula is C30H22N8. The third-order valence-electron chi connectivity index (χ3n) is 6.75. The van der Waals surface area contributed by atoms with Crippen molar-refractivity contribution in [2.45, 2.75) is 13.8 Å². The highest BCUT2D eigenvalue weighted by Crippen LogP contribution is 2.29. The summed E-state index contributed by atoms with van der Waals surface area (Å²) in [5, 5.41) is 17.1. The zero-order valence-corrected chi connectivity index (χ0v) is 20.8. The van der Waals surface area contributed by atoms with Crippen LogP contribution in [0.5, 0.6) is 0 Å². The lowest BCUT2D eigenvalue weighted by Gasteiger charge is -2.12. The number of benzene rings is 4. The molecule has 0 radical (unpaired) electrons. The Morgan fingerprint density at radius 2 is 0.947 bits per heavy atom. The van der Waals surface area contributed by atoms with Crippen molar-refractivity contribution in [1.29, 1.82) is 0 Å². The minimum absolute atomic E-state index is 0.699. The first kappa shape index (κ1) is 22.0. The van der Waals surface area contributed by atoms with Gasteiger partial charge in [0.2, 0.25) is 0 Å². The van der Waals surface area contributed by atoms with E-state index < -0.39 is 0 Å². The molecule has 4 aromatic carbocycles. The molecule has 0 amide bonds. The molecular weight excluding hydrogens is 472 g/mol. The van der Waals surface area contributed by atoms with Crippen LogP contribution in [0.4, 0.5) is 0 Å². The Bertz CT molecular complexity index is 1910. The second-order valence-electron chi connectivity index (χ2n) is 9.17. The molecule has 0 fully saturated rings. The molecule has 0 spiro atoms. The minimum atomic E-state index is 0.699. The Hall–Kier alpha value is -5.24. The van der Waals surface area contributed by atoms with E-state index in [9.17, 15) is 0 Å². The van der Waals surface area contributed by atoms with Gasteiger partial charge in [0.25, 0.3) is 0 Å². The Morgan fingerprint density at radius 3 is 1.45 bits per heavy atom. The summed E-state index contributed by atoms with van der Waals surface area (Å²) in [5.41, 5.74) is 10.5. The fraction of sp³-hybridized carbons (Fsp3) is 0.0667. The van der Waals surface area contributed by atoms with E-state index in [1.165, 1.54) is 0 Å². The van der Waals surface area contributed by atoms with Crippen LogP contribution in [-0.4, -0.2) is 40.0 Å². The number of aromatic nitrogens is 8. The summed E-state index contributed by atoms with van der Waals surface area (Å²) in [6.07, 6.45) is 0. The summed E-state index contributed by atoms with van der Waals surface area (Å²) in [6.45, 7) is 4.06. The van der Waals surface area contributed by atoms with Crippen molar-refractivity contribution in [2.24, 2.45) is 0 Å². The molecule has 0 saturated carbocycles. The third kappa shape index (κ3) is 3.62. The minimum Gasteiger partial charge on any atom is -0.233 e. The normalized spacial score (nSPS) is 11.4. The maximum atomic E-state index is 4.86. The number of hydrogen-bond donors (Lipinski definition) is 0. The summed E-state index contributed by atoms with van der Waals surface area (Å²) in [4.78, 5) is 9.73. The molecule has 0 bridgehead atoms. The van der Waals surface area contributed by atoms with E-state index in [0.29, 0.717) is 5.82 Å². The molecule has 0 unspecified atom stereocenters. The Balaban J connectivity index is 1.19. The Kier molecular flexibility index (Phi) is 5.04. The monoisotopic (exact) mass is 494 g/mol. The van der Waals surface area contributed by atoms with Crippen molar-refractivity contribution in [3.63, 3.8) is 0 Å². The molecule has 8 nitrogen and oxygen atoms in total. The molecule has 38 heavy (non-hydrogen) atoms. The first-order chi connectivity index (χ1) is 18.7. The maximum Gasteiger partial charge on any atom is 0.159 e. The lowest BCUT2D eigenvalue weighted by atomic mass is 10.0. The fourth-order valence-corrected chi connectivity index (χ4v) is 4.90. The van der Waals surface area contributed by atoms with Crippen LogP contribution in [0.15, 0.2) is 97.1 Å².